The lowest BCUT2D eigenvalue weighted by atomic mass is 10.3. The molecule has 0 saturated heterocycles. The molecule has 16 heavy (non-hydrogen) atoms. The molecule has 6 heteroatoms. The van der Waals surface area contributed by atoms with Crippen LogP contribution in [0.15, 0.2) is 23.6 Å². The third-order valence-corrected chi connectivity index (χ3v) is 2.66. The van der Waals surface area contributed by atoms with Gasteiger partial charge in [-0.3, -0.25) is 10.1 Å². The Balaban J connectivity index is 2.14. The number of anilines is 1. The van der Waals surface area contributed by atoms with E-state index in [1.807, 2.05) is 12.3 Å². The van der Waals surface area contributed by atoms with Crippen molar-refractivity contribution < 1.29 is 9.18 Å². The molecule has 1 N–H and O–H groups in total. The van der Waals surface area contributed by atoms with Crippen LogP contribution in [0.25, 0.3) is 0 Å². The Morgan fingerprint density at radius 3 is 2.88 bits per heavy atom. The highest BCUT2D eigenvalue weighted by molar-refractivity contribution is 7.13. The quantitative estimate of drug-likeness (QED) is 0.815. The lowest BCUT2D eigenvalue weighted by molar-refractivity contribution is 0.102. The molecular weight excluding hydrogens is 229 g/mol. The second-order valence-electron chi connectivity index (χ2n) is 3.09. The highest BCUT2D eigenvalue weighted by Gasteiger charge is 2.09. The number of carbonyl (C=O) groups excluding carboxylic acids is 1. The van der Waals surface area contributed by atoms with Crippen molar-refractivity contribution in [2.75, 3.05) is 5.32 Å². The lowest BCUT2D eigenvalue weighted by Gasteiger charge is -2.00. The lowest BCUT2D eigenvalue weighted by Crippen LogP contribution is -2.13. The summed E-state index contributed by atoms with van der Waals surface area (Å²) in [5, 5.41) is 4.84. The second kappa shape index (κ2) is 4.36. The van der Waals surface area contributed by atoms with E-state index in [-0.39, 0.29) is 5.69 Å². The van der Waals surface area contributed by atoms with Crippen LogP contribution in [0, 0.1) is 12.9 Å². The van der Waals surface area contributed by atoms with E-state index in [0.29, 0.717) is 5.13 Å². The molecule has 0 unspecified atom stereocenters. The summed E-state index contributed by atoms with van der Waals surface area (Å²) >= 11 is 1.31. The summed E-state index contributed by atoms with van der Waals surface area (Å²) in [6, 6.07) is 4.06. The van der Waals surface area contributed by atoms with Crippen LogP contribution in [0.2, 0.25) is 0 Å². The Kier molecular flexibility index (Phi) is 2.91. The van der Waals surface area contributed by atoms with Gasteiger partial charge in [0.2, 0.25) is 5.95 Å². The van der Waals surface area contributed by atoms with Gasteiger partial charge in [-0.05, 0) is 19.1 Å². The minimum atomic E-state index is -0.678. The van der Waals surface area contributed by atoms with E-state index in [0.717, 1.165) is 5.69 Å². The van der Waals surface area contributed by atoms with Gasteiger partial charge in [-0.2, -0.15) is 4.39 Å². The fraction of sp³-hybridized carbons (Fsp3) is 0.100. The summed E-state index contributed by atoms with van der Waals surface area (Å²) < 4.78 is 12.8. The SMILES string of the molecule is Cc1csc(NC(=O)c2cccc(F)n2)n1. The van der Waals surface area contributed by atoms with Crippen LogP contribution in [0.3, 0.4) is 0 Å². The third kappa shape index (κ3) is 2.40. The molecule has 0 spiro atoms. The number of hydrogen-bond acceptors (Lipinski definition) is 4. The Morgan fingerprint density at radius 2 is 2.25 bits per heavy atom. The van der Waals surface area contributed by atoms with Gasteiger partial charge in [-0.25, -0.2) is 9.97 Å². The predicted octanol–water partition coefficient (Wildman–Crippen LogP) is 2.24. The van der Waals surface area contributed by atoms with E-state index in [4.69, 9.17) is 0 Å². The summed E-state index contributed by atoms with van der Waals surface area (Å²) in [6.07, 6.45) is 0. The number of pyridine rings is 1. The summed E-state index contributed by atoms with van der Waals surface area (Å²) in [4.78, 5) is 19.1. The molecule has 1 amide bonds. The van der Waals surface area contributed by atoms with Crippen LogP contribution in [0.1, 0.15) is 16.2 Å². The average molecular weight is 237 g/mol. The third-order valence-electron chi connectivity index (χ3n) is 1.79. The summed E-state index contributed by atoms with van der Waals surface area (Å²) in [7, 11) is 0. The molecule has 0 bridgehead atoms. The molecule has 0 radical (unpaired) electrons. The molecule has 2 rings (SSSR count). The molecule has 0 fully saturated rings. The molecule has 0 atom stereocenters. The molecule has 0 aliphatic heterocycles. The molecule has 0 aromatic carbocycles. The van der Waals surface area contributed by atoms with Gasteiger partial charge in [0.05, 0.1) is 5.69 Å². The van der Waals surface area contributed by atoms with Gasteiger partial charge in [-0.1, -0.05) is 6.07 Å². The summed E-state index contributed by atoms with van der Waals surface area (Å²) in [5.41, 5.74) is 0.861. The van der Waals surface area contributed by atoms with Crippen molar-refractivity contribution in [2.24, 2.45) is 0 Å². The molecular formula is C10H8FN3OS. The van der Waals surface area contributed by atoms with Gasteiger partial charge < -0.3 is 0 Å². The molecule has 2 aromatic heterocycles. The number of nitrogens with zero attached hydrogens (tertiary/aromatic N) is 2. The monoisotopic (exact) mass is 237 g/mol. The fourth-order valence-electron chi connectivity index (χ4n) is 1.11. The Hall–Kier alpha value is -1.82. The number of carbonyl (C=O) groups is 1. The maximum Gasteiger partial charge on any atom is 0.276 e. The molecule has 4 nitrogen and oxygen atoms in total. The van der Waals surface area contributed by atoms with E-state index in [9.17, 15) is 9.18 Å². The largest absolute Gasteiger partial charge is 0.296 e. The Bertz CT molecular complexity index is 526. The Morgan fingerprint density at radius 1 is 1.44 bits per heavy atom. The molecule has 2 aromatic rings. The normalized spacial score (nSPS) is 10.1. The van der Waals surface area contributed by atoms with Gasteiger partial charge in [0, 0.05) is 5.38 Å². The van der Waals surface area contributed by atoms with E-state index in [2.05, 4.69) is 15.3 Å². The molecule has 0 aliphatic rings. The zero-order valence-corrected chi connectivity index (χ0v) is 9.21. The van der Waals surface area contributed by atoms with E-state index < -0.39 is 11.9 Å². The zero-order chi connectivity index (χ0) is 11.5. The first-order chi connectivity index (χ1) is 7.65. The number of thiazole rings is 1. The Labute approximate surface area is 95.2 Å². The first-order valence-corrected chi connectivity index (χ1v) is 5.39. The van der Waals surface area contributed by atoms with Crippen molar-refractivity contribution in [3.05, 3.63) is 40.9 Å². The topological polar surface area (TPSA) is 54.9 Å². The highest BCUT2D eigenvalue weighted by Crippen LogP contribution is 2.15. The van der Waals surface area contributed by atoms with E-state index in [1.54, 1.807) is 0 Å². The standard InChI is InChI=1S/C10H8FN3OS/c1-6-5-16-10(12-6)14-9(15)7-3-2-4-8(11)13-7/h2-5H,1H3,(H,12,14,15). The number of hydrogen-bond donors (Lipinski definition) is 1. The highest BCUT2D eigenvalue weighted by atomic mass is 32.1. The number of amides is 1. The number of halogens is 1. The van der Waals surface area contributed by atoms with Crippen LogP contribution in [0.4, 0.5) is 9.52 Å². The van der Waals surface area contributed by atoms with Gasteiger partial charge in [0.15, 0.2) is 5.13 Å². The van der Waals surface area contributed by atoms with Gasteiger partial charge in [0.25, 0.3) is 5.91 Å². The molecule has 0 aliphatic carbocycles. The van der Waals surface area contributed by atoms with E-state index in [1.165, 1.54) is 29.5 Å². The average Bonchev–Trinajstić information content (AvgIpc) is 2.64. The van der Waals surface area contributed by atoms with Crippen LogP contribution in [-0.2, 0) is 0 Å². The van der Waals surface area contributed by atoms with Gasteiger partial charge in [-0.15, -0.1) is 11.3 Å². The van der Waals surface area contributed by atoms with E-state index >= 15 is 0 Å². The number of nitrogens with one attached hydrogen (secondary N) is 1. The van der Waals surface area contributed by atoms with Crippen molar-refractivity contribution in [2.45, 2.75) is 6.92 Å². The number of aryl methyl sites for hydroxylation is 1. The predicted molar refractivity (Wildman–Crippen MR) is 59.0 cm³/mol. The molecule has 82 valence electrons. The molecule has 0 saturated carbocycles. The first-order valence-electron chi connectivity index (χ1n) is 4.51. The maximum absolute atomic E-state index is 12.8. The number of aromatic nitrogens is 2. The van der Waals surface area contributed by atoms with Gasteiger partial charge >= 0.3 is 0 Å². The van der Waals surface area contributed by atoms with Crippen molar-refractivity contribution in [3.63, 3.8) is 0 Å². The minimum absolute atomic E-state index is 0.0350. The van der Waals surface area contributed by atoms with Crippen molar-refractivity contribution in [1.29, 1.82) is 0 Å². The first kappa shape index (κ1) is 10.7. The van der Waals surface area contributed by atoms with Gasteiger partial charge in [0.1, 0.15) is 5.69 Å². The number of rotatable bonds is 2. The van der Waals surface area contributed by atoms with Crippen molar-refractivity contribution >= 4 is 22.4 Å². The summed E-state index contributed by atoms with van der Waals surface area (Å²) in [5.74, 6) is -1.14. The minimum Gasteiger partial charge on any atom is -0.296 e. The molecule has 2 heterocycles. The van der Waals surface area contributed by atoms with Crippen LogP contribution in [-0.4, -0.2) is 15.9 Å². The van der Waals surface area contributed by atoms with Crippen LogP contribution in [0.5, 0.6) is 0 Å². The smallest absolute Gasteiger partial charge is 0.276 e. The zero-order valence-electron chi connectivity index (χ0n) is 8.40. The second-order valence-corrected chi connectivity index (χ2v) is 3.95. The van der Waals surface area contributed by atoms with Crippen molar-refractivity contribution in [1.82, 2.24) is 9.97 Å². The van der Waals surface area contributed by atoms with Crippen LogP contribution < -0.4 is 5.32 Å². The summed E-state index contributed by atoms with van der Waals surface area (Å²) in [6.45, 7) is 1.83. The fourth-order valence-corrected chi connectivity index (χ4v) is 1.79. The van der Waals surface area contributed by atoms with Crippen molar-refractivity contribution in [3.8, 4) is 0 Å². The maximum atomic E-state index is 12.8. The van der Waals surface area contributed by atoms with Crippen LogP contribution >= 0.6 is 11.3 Å².